The third-order valence-electron chi connectivity index (χ3n) is 2.50. The number of hydrogen-bond donors (Lipinski definition) is 1. The molecule has 2 rings (SSSR count). The van der Waals surface area contributed by atoms with Crippen molar-refractivity contribution >= 4 is 22.6 Å². The Labute approximate surface area is 115 Å². The Hall–Kier alpha value is -1.01. The fraction of sp³-hybridized carbons (Fsp3) is 0.231. The lowest BCUT2D eigenvalue weighted by Gasteiger charge is -2.18. The molecular formula is C13H14IN3. The Morgan fingerprint density at radius 3 is 2.76 bits per heavy atom. The molecule has 0 fully saturated rings. The molecule has 1 unspecified atom stereocenters. The van der Waals surface area contributed by atoms with Crippen LogP contribution in [0.2, 0.25) is 0 Å². The van der Waals surface area contributed by atoms with E-state index >= 15 is 0 Å². The van der Waals surface area contributed by atoms with Gasteiger partial charge >= 0.3 is 0 Å². The smallest absolute Gasteiger partial charge is 0.0801 e. The summed E-state index contributed by atoms with van der Waals surface area (Å²) in [6.45, 7) is 2.99. The molecule has 1 aromatic heterocycles. The summed E-state index contributed by atoms with van der Waals surface area (Å²) in [6.07, 6.45) is 5.24. The van der Waals surface area contributed by atoms with Crippen LogP contribution in [0.5, 0.6) is 0 Å². The highest BCUT2D eigenvalue weighted by Gasteiger charge is 2.16. The summed E-state index contributed by atoms with van der Waals surface area (Å²) in [7, 11) is 0. The van der Waals surface area contributed by atoms with Crippen molar-refractivity contribution in [3.8, 4) is 0 Å². The van der Waals surface area contributed by atoms with Crippen LogP contribution in [0.3, 0.4) is 0 Å². The second-order valence-electron chi connectivity index (χ2n) is 3.64. The molecule has 0 aliphatic rings. The van der Waals surface area contributed by atoms with Gasteiger partial charge in [0, 0.05) is 16.0 Å². The summed E-state index contributed by atoms with van der Waals surface area (Å²) in [6, 6.07) is 8.45. The minimum Gasteiger partial charge on any atom is -0.305 e. The van der Waals surface area contributed by atoms with Gasteiger partial charge in [0.05, 0.1) is 17.9 Å². The summed E-state index contributed by atoms with van der Waals surface area (Å²) in [4.78, 5) is 8.52. The topological polar surface area (TPSA) is 37.8 Å². The molecule has 2 aromatic rings. The van der Waals surface area contributed by atoms with E-state index in [1.165, 1.54) is 9.13 Å². The van der Waals surface area contributed by atoms with Crippen molar-refractivity contribution in [1.29, 1.82) is 0 Å². The van der Waals surface area contributed by atoms with Crippen LogP contribution in [0.1, 0.15) is 24.2 Å². The van der Waals surface area contributed by atoms with Gasteiger partial charge in [0.15, 0.2) is 0 Å². The molecular weight excluding hydrogens is 325 g/mol. The average molecular weight is 339 g/mol. The molecule has 1 aromatic carbocycles. The number of nitrogens with zero attached hydrogens (tertiary/aromatic N) is 2. The zero-order chi connectivity index (χ0) is 12.1. The van der Waals surface area contributed by atoms with Crippen molar-refractivity contribution in [2.45, 2.75) is 13.0 Å². The van der Waals surface area contributed by atoms with Crippen LogP contribution in [0.15, 0.2) is 42.9 Å². The van der Waals surface area contributed by atoms with Crippen molar-refractivity contribution in [1.82, 2.24) is 15.3 Å². The van der Waals surface area contributed by atoms with Crippen LogP contribution in [0.25, 0.3) is 0 Å². The van der Waals surface area contributed by atoms with E-state index in [2.05, 4.69) is 63.0 Å². The fourth-order valence-corrected chi connectivity index (χ4v) is 2.45. The number of hydrogen-bond acceptors (Lipinski definition) is 3. The Kier molecular flexibility index (Phi) is 4.44. The monoisotopic (exact) mass is 339 g/mol. The summed E-state index contributed by atoms with van der Waals surface area (Å²) in [5, 5.41) is 3.45. The lowest BCUT2D eigenvalue weighted by Crippen LogP contribution is -2.23. The molecule has 1 atom stereocenters. The zero-order valence-corrected chi connectivity index (χ0v) is 11.8. The Bertz CT molecular complexity index is 473. The number of halogens is 1. The Balaban J connectivity index is 2.39. The van der Waals surface area contributed by atoms with Crippen LogP contribution >= 0.6 is 22.6 Å². The van der Waals surface area contributed by atoms with Gasteiger partial charge in [-0.25, -0.2) is 0 Å². The van der Waals surface area contributed by atoms with Crippen molar-refractivity contribution in [2.24, 2.45) is 0 Å². The van der Waals surface area contributed by atoms with E-state index in [0.29, 0.717) is 0 Å². The summed E-state index contributed by atoms with van der Waals surface area (Å²) < 4.78 is 1.24. The molecule has 88 valence electrons. The van der Waals surface area contributed by atoms with Gasteiger partial charge in [-0.3, -0.25) is 9.97 Å². The molecule has 0 saturated carbocycles. The molecule has 4 heteroatoms. The molecule has 0 spiro atoms. The number of aromatic nitrogens is 2. The van der Waals surface area contributed by atoms with Crippen LogP contribution < -0.4 is 5.32 Å². The predicted octanol–water partition coefficient (Wildman–Crippen LogP) is 2.78. The number of rotatable bonds is 4. The maximum atomic E-state index is 4.39. The van der Waals surface area contributed by atoms with Crippen molar-refractivity contribution in [3.63, 3.8) is 0 Å². The van der Waals surface area contributed by atoms with E-state index in [1.807, 2.05) is 12.3 Å². The van der Waals surface area contributed by atoms with Gasteiger partial charge in [-0.15, -0.1) is 0 Å². The summed E-state index contributed by atoms with van der Waals surface area (Å²) in [5.74, 6) is 0. The van der Waals surface area contributed by atoms with Crippen molar-refractivity contribution in [3.05, 3.63) is 57.7 Å². The van der Waals surface area contributed by atoms with Gasteiger partial charge in [0.2, 0.25) is 0 Å². The standard InChI is InChI=1S/C13H14IN3/c1-2-16-13(12-9-15-7-8-17-12)10-5-3-4-6-11(10)14/h3-9,13,16H,2H2,1H3. The molecule has 3 nitrogen and oxygen atoms in total. The first kappa shape index (κ1) is 12.4. The molecule has 0 aliphatic carbocycles. The number of benzene rings is 1. The van der Waals surface area contributed by atoms with E-state index in [1.54, 1.807) is 12.4 Å². The highest BCUT2D eigenvalue weighted by atomic mass is 127. The Morgan fingerprint density at radius 2 is 2.12 bits per heavy atom. The zero-order valence-electron chi connectivity index (χ0n) is 9.60. The SMILES string of the molecule is CCNC(c1cnccn1)c1ccccc1I. The second kappa shape index (κ2) is 6.07. The van der Waals surface area contributed by atoms with Gasteiger partial charge < -0.3 is 5.32 Å². The average Bonchev–Trinajstić information content (AvgIpc) is 2.38. The van der Waals surface area contributed by atoms with Gasteiger partial charge in [-0.2, -0.15) is 0 Å². The molecule has 0 aliphatic heterocycles. The van der Waals surface area contributed by atoms with Crippen molar-refractivity contribution < 1.29 is 0 Å². The number of nitrogens with one attached hydrogen (secondary N) is 1. The summed E-state index contributed by atoms with van der Waals surface area (Å²) in [5.41, 5.74) is 2.20. The van der Waals surface area contributed by atoms with Crippen LogP contribution in [-0.2, 0) is 0 Å². The molecule has 0 saturated heterocycles. The molecule has 0 bridgehead atoms. The first-order valence-electron chi connectivity index (χ1n) is 5.56. The normalized spacial score (nSPS) is 12.4. The molecule has 0 amide bonds. The first-order valence-corrected chi connectivity index (χ1v) is 6.64. The highest BCUT2D eigenvalue weighted by molar-refractivity contribution is 14.1. The van der Waals surface area contributed by atoms with E-state index < -0.39 is 0 Å². The molecule has 17 heavy (non-hydrogen) atoms. The lowest BCUT2D eigenvalue weighted by molar-refractivity contribution is 0.610. The minimum atomic E-state index is 0.113. The van der Waals surface area contributed by atoms with E-state index in [-0.39, 0.29) is 6.04 Å². The maximum absolute atomic E-state index is 4.39. The largest absolute Gasteiger partial charge is 0.305 e. The van der Waals surface area contributed by atoms with E-state index in [9.17, 15) is 0 Å². The fourth-order valence-electron chi connectivity index (χ4n) is 1.75. The van der Waals surface area contributed by atoms with Gasteiger partial charge in [-0.1, -0.05) is 25.1 Å². The quantitative estimate of drug-likeness (QED) is 0.871. The molecule has 1 heterocycles. The third kappa shape index (κ3) is 3.01. The molecule has 0 radical (unpaired) electrons. The van der Waals surface area contributed by atoms with Crippen LogP contribution in [0, 0.1) is 3.57 Å². The van der Waals surface area contributed by atoms with Gasteiger partial charge in [0.25, 0.3) is 0 Å². The molecule has 1 N–H and O–H groups in total. The minimum absolute atomic E-state index is 0.113. The Morgan fingerprint density at radius 1 is 1.29 bits per heavy atom. The van der Waals surface area contributed by atoms with Crippen molar-refractivity contribution in [2.75, 3.05) is 6.54 Å². The second-order valence-corrected chi connectivity index (χ2v) is 4.80. The third-order valence-corrected chi connectivity index (χ3v) is 3.49. The lowest BCUT2D eigenvalue weighted by atomic mass is 10.0. The van der Waals surface area contributed by atoms with Crippen LogP contribution in [0.4, 0.5) is 0 Å². The van der Waals surface area contributed by atoms with E-state index in [4.69, 9.17) is 0 Å². The summed E-state index contributed by atoms with van der Waals surface area (Å²) >= 11 is 2.35. The highest BCUT2D eigenvalue weighted by Crippen LogP contribution is 2.24. The first-order chi connectivity index (χ1) is 8.33. The van der Waals surface area contributed by atoms with Gasteiger partial charge in [-0.05, 0) is 40.8 Å². The maximum Gasteiger partial charge on any atom is 0.0801 e. The van der Waals surface area contributed by atoms with Gasteiger partial charge in [0.1, 0.15) is 0 Å². The van der Waals surface area contributed by atoms with Crippen LogP contribution in [-0.4, -0.2) is 16.5 Å². The predicted molar refractivity (Wildman–Crippen MR) is 76.7 cm³/mol. The van der Waals surface area contributed by atoms with E-state index in [0.717, 1.165) is 12.2 Å².